The Hall–Kier alpha value is -2.99. The lowest BCUT2D eigenvalue weighted by atomic mass is 9.85. The molecule has 0 saturated carbocycles. The Morgan fingerprint density at radius 3 is 2.68 bits per heavy atom. The fraction of sp³-hybridized carbons (Fsp3) is 0.400. The van der Waals surface area contributed by atoms with Crippen molar-refractivity contribution < 1.29 is 14.6 Å². The van der Waals surface area contributed by atoms with Crippen LogP contribution in [0.25, 0.3) is 22.3 Å². The van der Waals surface area contributed by atoms with Crippen LogP contribution in [0.4, 0.5) is 0 Å². The number of esters is 1. The van der Waals surface area contributed by atoms with Crippen molar-refractivity contribution in [1.29, 1.82) is 0 Å². The molecule has 0 aliphatic carbocycles. The molecule has 4 rings (SSSR count). The van der Waals surface area contributed by atoms with Crippen molar-refractivity contribution in [3.05, 3.63) is 53.2 Å². The maximum Gasteiger partial charge on any atom is 0.305 e. The number of aryl methyl sites for hydroxylation is 2. The number of piperidine rings is 1. The van der Waals surface area contributed by atoms with Gasteiger partial charge in [0.1, 0.15) is 5.75 Å². The van der Waals surface area contributed by atoms with E-state index in [0.717, 1.165) is 53.0 Å². The zero-order chi connectivity index (χ0) is 22.1. The van der Waals surface area contributed by atoms with Crippen molar-refractivity contribution >= 4 is 17.0 Å². The number of likely N-dealkylation sites (N-methyl/N-ethyl adjacent to an activating group) is 1. The van der Waals surface area contributed by atoms with Crippen molar-refractivity contribution in [2.75, 3.05) is 27.2 Å². The first-order valence-corrected chi connectivity index (χ1v) is 10.7. The van der Waals surface area contributed by atoms with E-state index in [2.05, 4.69) is 24.1 Å². The SMILES string of the molecule is COC(=O)CC1CC(c2ccc3ccc(-c4c(C)cc(C)cc4O)nc3n2)CN(C)C1. The number of fused-ring (bicyclic) bond motifs is 1. The Morgan fingerprint density at radius 1 is 1.16 bits per heavy atom. The standard InChI is InChI=1S/C25H29N3O3/c1-15-9-16(2)24(22(29)10-15)21-8-6-18-5-7-20(26-25(18)27-21)19-11-17(12-23(30)31-4)13-28(3)14-19/h5-10,17,19,29H,11-14H2,1-4H3. The number of methoxy groups -OCH3 is 1. The van der Waals surface area contributed by atoms with Gasteiger partial charge < -0.3 is 14.7 Å². The molecule has 1 saturated heterocycles. The highest BCUT2D eigenvalue weighted by molar-refractivity contribution is 5.81. The Kier molecular flexibility index (Phi) is 5.92. The summed E-state index contributed by atoms with van der Waals surface area (Å²) in [4.78, 5) is 23.7. The van der Waals surface area contributed by atoms with E-state index in [1.807, 2.05) is 32.0 Å². The molecule has 0 radical (unpaired) electrons. The Balaban J connectivity index is 1.67. The number of carbonyl (C=O) groups excluding carboxylic acids is 1. The van der Waals surface area contributed by atoms with Gasteiger partial charge in [-0.05, 0) is 74.7 Å². The van der Waals surface area contributed by atoms with Gasteiger partial charge in [0, 0.05) is 42.1 Å². The largest absolute Gasteiger partial charge is 0.507 e. The molecule has 2 unspecified atom stereocenters. The molecule has 162 valence electrons. The van der Waals surface area contributed by atoms with E-state index < -0.39 is 0 Å². The molecule has 1 aromatic carbocycles. The maximum atomic E-state index is 11.8. The number of likely N-dealkylation sites (tertiary alicyclic amines) is 1. The summed E-state index contributed by atoms with van der Waals surface area (Å²) in [5, 5.41) is 11.5. The third-order valence-corrected chi connectivity index (χ3v) is 6.11. The summed E-state index contributed by atoms with van der Waals surface area (Å²) in [7, 11) is 3.52. The van der Waals surface area contributed by atoms with Crippen molar-refractivity contribution in [2.45, 2.75) is 32.6 Å². The molecule has 1 aliphatic rings. The first-order valence-electron chi connectivity index (χ1n) is 10.7. The lowest BCUT2D eigenvalue weighted by Crippen LogP contribution is -2.38. The molecule has 2 aromatic heterocycles. The molecular weight excluding hydrogens is 390 g/mol. The fourth-order valence-electron chi connectivity index (χ4n) is 4.78. The van der Waals surface area contributed by atoms with Gasteiger partial charge in [0.25, 0.3) is 0 Å². The number of carbonyl (C=O) groups is 1. The van der Waals surface area contributed by atoms with E-state index >= 15 is 0 Å². The Bertz CT molecular complexity index is 1110. The van der Waals surface area contributed by atoms with E-state index in [-0.39, 0.29) is 23.6 Å². The Morgan fingerprint density at radius 2 is 1.94 bits per heavy atom. The summed E-state index contributed by atoms with van der Waals surface area (Å²) in [6, 6.07) is 11.9. The number of hydrogen-bond donors (Lipinski definition) is 1. The van der Waals surface area contributed by atoms with Gasteiger partial charge in [0.15, 0.2) is 5.65 Å². The number of hydrogen-bond acceptors (Lipinski definition) is 6. The van der Waals surface area contributed by atoms with Crippen molar-refractivity contribution in [3.8, 4) is 17.0 Å². The predicted molar refractivity (Wildman–Crippen MR) is 121 cm³/mol. The summed E-state index contributed by atoms with van der Waals surface area (Å²) >= 11 is 0. The minimum Gasteiger partial charge on any atom is -0.507 e. The van der Waals surface area contributed by atoms with Crippen LogP contribution in [0.1, 0.15) is 35.6 Å². The van der Waals surface area contributed by atoms with Gasteiger partial charge >= 0.3 is 5.97 Å². The van der Waals surface area contributed by atoms with Gasteiger partial charge in [0.2, 0.25) is 0 Å². The van der Waals surface area contributed by atoms with Crippen LogP contribution in [0.5, 0.6) is 5.75 Å². The van der Waals surface area contributed by atoms with Crippen LogP contribution in [-0.2, 0) is 9.53 Å². The first kappa shape index (κ1) is 21.2. The molecule has 1 fully saturated rings. The van der Waals surface area contributed by atoms with Gasteiger partial charge in [-0.15, -0.1) is 0 Å². The average molecular weight is 420 g/mol. The van der Waals surface area contributed by atoms with E-state index in [0.29, 0.717) is 12.1 Å². The van der Waals surface area contributed by atoms with Gasteiger partial charge in [-0.1, -0.05) is 6.07 Å². The summed E-state index contributed by atoms with van der Waals surface area (Å²) in [6.45, 7) is 5.73. The lowest BCUT2D eigenvalue weighted by molar-refractivity contribution is -0.142. The second kappa shape index (κ2) is 8.63. The van der Waals surface area contributed by atoms with Gasteiger partial charge in [0.05, 0.1) is 12.8 Å². The number of ether oxygens (including phenoxy) is 1. The smallest absolute Gasteiger partial charge is 0.305 e. The van der Waals surface area contributed by atoms with Gasteiger partial charge in [-0.3, -0.25) is 4.79 Å². The van der Waals surface area contributed by atoms with Crippen LogP contribution < -0.4 is 0 Å². The van der Waals surface area contributed by atoms with E-state index in [1.54, 1.807) is 6.07 Å². The average Bonchev–Trinajstić information content (AvgIpc) is 2.72. The molecule has 2 atom stereocenters. The van der Waals surface area contributed by atoms with Gasteiger partial charge in [-0.25, -0.2) is 9.97 Å². The molecule has 6 nitrogen and oxygen atoms in total. The minimum atomic E-state index is -0.162. The highest BCUT2D eigenvalue weighted by Crippen LogP contribution is 2.34. The third-order valence-electron chi connectivity index (χ3n) is 6.11. The molecule has 1 N–H and O–H groups in total. The third kappa shape index (κ3) is 4.54. The maximum absolute atomic E-state index is 11.8. The number of benzene rings is 1. The molecule has 6 heteroatoms. The number of nitrogens with zero attached hydrogens (tertiary/aromatic N) is 3. The second-order valence-electron chi connectivity index (χ2n) is 8.76. The van der Waals surface area contributed by atoms with Crippen LogP contribution in [0.15, 0.2) is 36.4 Å². The normalized spacial score (nSPS) is 19.5. The van der Waals surface area contributed by atoms with Crippen LogP contribution in [0.3, 0.4) is 0 Å². The van der Waals surface area contributed by atoms with E-state index in [4.69, 9.17) is 14.7 Å². The van der Waals surface area contributed by atoms with Crippen LogP contribution in [0.2, 0.25) is 0 Å². The molecule has 0 bridgehead atoms. The summed E-state index contributed by atoms with van der Waals surface area (Å²) in [5.41, 5.74) is 5.13. The highest BCUT2D eigenvalue weighted by atomic mass is 16.5. The minimum absolute atomic E-state index is 0.162. The molecule has 3 heterocycles. The number of aromatic hydroxyl groups is 1. The number of rotatable bonds is 4. The number of aromatic nitrogens is 2. The summed E-state index contributed by atoms with van der Waals surface area (Å²) in [6.07, 6.45) is 1.33. The Labute approximate surface area is 182 Å². The summed E-state index contributed by atoms with van der Waals surface area (Å²) < 4.78 is 4.87. The lowest BCUT2D eigenvalue weighted by Gasteiger charge is -2.35. The van der Waals surface area contributed by atoms with Crippen molar-refractivity contribution in [1.82, 2.24) is 14.9 Å². The predicted octanol–water partition coefficient (Wildman–Crippen LogP) is 4.22. The van der Waals surface area contributed by atoms with Gasteiger partial charge in [-0.2, -0.15) is 0 Å². The number of phenolic OH excluding ortho intramolecular Hbond substituents is 1. The van der Waals surface area contributed by atoms with Crippen molar-refractivity contribution in [2.24, 2.45) is 5.92 Å². The first-order chi connectivity index (χ1) is 14.8. The zero-order valence-electron chi connectivity index (χ0n) is 18.6. The molecule has 1 aliphatic heterocycles. The monoisotopic (exact) mass is 419 g/mol. The van der Waals surface area contributed by atoms with E-state index in [9.17, 15) is 9.90 Å². The molecular formula is C25H29N3O3. The van der Waals surface area contributed by atoms with Crippen LogP contribution in [-0.4, -0.2) is 53.2 Å². The number of pyridine rings is 2. The van der Waals surface area contributed by atoms with E-state index in [1.165, 1.54) is 7.11 Å². The topological polar surface area (TPSA) is 75.5 Å². The van der Waals surface area contributed by atoms with Crippen LogP contribution >= 0.6 is 0 Å². The fourth-order valence-corrected chi connectivity index (χ4v) is 4.78. The molecule has 3 aromatic rings. The zero-order valence-corrected chi connectivity index (χ0v) is 18.6. The molecule has 0 amide bonds. The summed E-state index contributed by atoms with van der Waals surface area (Å²) in [5.74, 6) is 0.558. The van der Waals surface area contributed by atoms with Crippen LogP contribution in [0, 0.1) is 19.8 Å². The highest BCUT2D eigenvalue weighted by Gasteiger charge is 2.29. The number of phenols is 1. The van der Waals surface area contributed by atoms with Crippen molar-refractivity contribution in [3.63, 3.8) is 0 Å². The quantitative estimate of drug-likeness (QED) is 0.638. The second-order valence-corrected chi connectivity index (χ2v) is 8.76. The molecule has 0 spiro atoms. The molecule has 31 heavy (non-hydrogen) atoms.